The number of nitrogens with two attached hydrogens (primary N) is 2. The highest BCUT2D eigenvalue weighted by molar-refractivity contribution is 6.30. The number of halogens is 4. The van der Waals surface area contributed by atoms with Crippen LogP contribution in [0.15, 0.2) is 35.7 Å². The fraction of sp³-hybridized carbons (Fsp3) is 0.538. The minimum absolute atomic E-state index is 0.0246. The number of carbonyl (C=O) groups excluding carboxylic acids is 1. The molecule has 3 rings (SSSR count). The number of amides is 1. The number of hydrogen-bond donors (Lipinski definition) is 3. The zero-order chi connectivity index (χ0) is 29.6. The number of carbonyl (C=O) groups is 1. The van der Waals surface area contributed by atoms with Crippen molar-refractivity contribution < 1.29 is 22.7 Å². The Morgan fingerprint density at radius 2 is 1.80 bits per heavy atom. The summed E-state index contributed by atoms with van der Waals surface area (Å²) < 4.78 is 46.2. The molecule has 14 heteroatoms. The van der Waals surface area contributed by atoms with Gasteiger partial charge in [0.05, 0.1) is 17.2 Å². The van der Waals surface area contributed by atoms with E-state index in [0.29, 0.717) is 42.8 Å². The lowest BCUT2D eigenvalue weighted by Crippen LogP contribution is -2.57. The van der Waals surface area contributed by atoms with E-state index in [0.717, 1.165) is 12.1 Å². The van der Waals surface area contributed by atoms with Gasteiger partial charge in [-0.05, 0) is 63.3 Å². The molecule has 0 radical (unpaired) electrons. The highest BCUT2D eigenvalue weighted by Crippen LogP contribution is 2.35. The number of hydrogen-bond acceptors (Lipinski definition) is 8. The number of anilines is 1. The van der Waals surface area contributed by atoms with Crippen LogP contribution >= 0.6 is 11.6 Å². The van der Waals surface area contributed by atoms with Gasteiger partial charge < -0.3 is 20.3 Å². The van der Waals surface area contributed by atoms with Crippen LogP contribution in [0.2, 0.25) is 5.02 Å². The second kappa shape index (κ2) is 13.4. The molecule has 1 unspecified atom stereocenters. The number of likely N-dealkylation sites (tertiary alicyclic amines) is 1. The van der Waals surface area contributed by atoms with Crippen molar-refractivity contribution in [2.75, 3.05) is 4.90 Å². The Morgan fingerprint density at radius 3 is 2.30 bits per heavy atom. The molecular formula is C26H36ClF3N8O2. The fourth-order valence-electron chi connectivity index (χ4n) is 4.99. The Balaban J connectivity index is 2.03. The molecule has 220 valence electrons. The Labute approximate surface area is 236 Å². The molecule has 0 bridgehead atoms. The molecule has 1 amide bonds. The number of hydrazone groups is 1. The van der Waals surface area contributed by atoms with Gasteiger partial charge in [0.25, 0.3) is 0 Å². The van der Waals surface area contributed by atoms with Crippen LogP contribution in [-0.2, 0) is 17.5 Å². The number of rotatable bonds is 9. The number of ether oxygens (including phenoxy) is 1. The minimum Gasteiger partial charge on any atom is -0.447 e. The number of aromatic nitrogens is 2. The number of piperidine rings is 1. The molecule has 1 fully saturated rings. The van der Waals surface area contributed by atoms with Crippen LogP contribution in [0.5, 0.6) is 0 Å². The standard InChI is InChI=1S/C26H36ClF3N8O2/c1-5-20-10-22(11-21(6-2)38(20)25(39)40-15(3)4)37(24-33-12-17(13-34-24)23(31)35-36-32)14-16-7-18(26(28,29)30)9-19(27)8-16/h7-9,12-13,15,20-22,36H,5-6,10-11,14,32H2,1-4H3,(H2,31,35)/t20-,21+,22?. The summed E-state index contributed by atoms with van der Waals surface area (Å²) in [5.41, 5.74) is 7.90. The third-order valence-electron chi connectivity index (χ3n) is 6.82. The second-order valence-electron chi connectivity index (χ2n) is 9.96. The number of nitrogens with zero attached hydrogens (tertiary/aromatic N) is 5. The first-order valence-corrected chi connectivity index (χ1v) is 13.5. The topological polar surface area (TPSA) is 135 Å². The summed E-state index contributed by atoms with van der Waals surface area (Å²) >= 11 is 6.09. The lowest BCUT2D eigenvalue weighted by atomic mass is 9.87. The lowest BCUT2D eigenvalue weighted by Gasteiger charge is -2.47. The predicted octanol–water partition coefficient (Wildman–Crippen LogP) is 4.81. The molecule has 5 N–H and O–H groups in total. The summed E-state index contributed by atoms with van der Waals surface area (Å²) in [5.74, 6) is 5.56. The van der Waals surface area contributed by atoms with Gasteiger partial charge in [0.2, 0.25) is 5.95 Å². The normalized spacial score (nSPS) is 20.0. The molecule has 0 spiro atoms. The van der Waals surface area contributed by atoms with Gasteiger partial charge in [0, 0.05) is 42.1 Å². The average Bonchev–Trinajstić information content (AvgIpc) is 2.90. The number of amidine groups is 1. The minimum atomic E-state index is -4.56. The van der Waals surface area contributed by atoms with E-state index >= 15 is 0 Å². The van der Waals surface area contributed by atoms with E-state index < -0.39 is 11.7 Å². The first-order valence-electron chi connectivity index (χ1n) is 13.1. The van der Waals surface area contributed by atoms with Crippen molar-refractivity contribution in [1.82, 2.24) is 20.4 Å². The van der Waals surface area contributed by atoms with Gasteiger partial charge >= 0.3 is 12.3 Å². The summed E-state index contributed by atoms with van der Waals surface area (Å²) in [6, 6.07) is 2.97. The molecule has 2 heterocycles. The molecule has 10 nitrogen and oxygen atoms in total. The van der Waals surface area contributed by atoms with E-state index in [9.17, 15) is 18.0 Å². The molecule has 3 atom stereocenters. The van der Waals surface area contributed by atoms with Crippen LogP contribution in [0.1, 0.15) is 70.1 Å². The summed E-state index contributed by atoms with van der Waals surface area (Å²) in [6.45, 7) is 7.65. The maximum atomic E-state index is 13.6. The van der Waals surface area contributed by atoms with Crippen LogP contribution < -0.4 is 22.0 Å². The van der Waals surface area contributed by atoms with E-state index in [1.807, 2.05) is 18.7 Å². The van der Waals surface area contributed by atoms with E-state index in [4.69, 9.17) is 27.9 Å². The first kappa shape index (κ1) is 31.2. The van der Waals surface area contributed by atoms with Crippen molar-refractivity contribution in [2.24, 2.45) is 16.7 Å². The highest BCUT2D eigenvalue weighted by atomic mass is 35.5. The molecule has 1 aromatic carbocycles. The molecule has 2 aromatic rings. The van der Waals surface area contributed by atoms with Crippen molar-refractivity contribution in [2.45, 2.75) is 90.3 Å². The van der Waals surface area contributed by atoms with E-state index in [1.165, 1.54) is 18.5 Å². The van der Waals surface area contributed by atoms with Crippen LogP contribution in [0.25, 0.3) is 0 Å². The molecule has 0 saturated carbocycles. The molecule has 1 aliphatic rings. The monoisotopic (exact) mass is 584 g/mol. The summed E-state index contributed by atoms with van der Waals surface area (Å²) in [6.07, 6.45) is 0.163. The Morgan fingerprint density at radius 1 is 1.20 bits per heavy atom. The van der Waals surface area contributed by atoms with Gasteiger partial charge in [-0.25, -0.2) is 26.1 Å². The van der Waals surface area contributed by atoms with Crippen molar-refractivity contribution in [1.29, 1.82) is 0 Å². The number of benzene rings is 1. The lowest BCUT2D eigenvalue weighted by molar-refractivity contribution is -0.137. The Hall–Kier alpha value is -3.32. The maximum absolute atomic E-state index is 13.6. The maximum Gasteiger partial charge on any atom is 0.416 e. The number of hydrazine groups is 1. The molecular weight excluding hydrogens is 549 g/mol. The van der Waals surface area contributed by atoms with Gasteiger partial charge in [-0.1, -0.05) is 25.4 Å². The SMILES string of the molecule is CC[C@@H]1CC(N(Cc2cc(Cl)cc(C(F)(F)F)c2)c2ncc(/C(N)=N/NN)cn2)C[C@H](CC)N1C(=O)OC(C)C. The van der Waals surface area contributed by atoms with Crippen LogP contribution in [0.3, 0.4) is 0 Å². The molecule has 40 heavy (non-hydrogen) atoms. The van der Waals surface area contributed by atoms with Gasteiger partial charge in [-0.2, -0.15) is 13.2 Å². The highest BCUT2D eigenvalue weighted by Gasteiger charge is 2.41. The molecule has 1 aliphatic heterocycles. The third-order valence-corrected chi connectivity index (χ3v) is 7.04. The van der Waals surface area contributed by atoms with Crippen LogP contribution in [0.4, 0.5) is 23.9 Å². The fourth-order valence-corrected chi connectivity index (χ4v) is 5.25. The zero-order valence-corrected chi connectivity index (χ0v) is 23.7. The average molecular weight is 585 g/mol. The first-order chi connectivity index (χ1) is 18.9. The Kier molecular flexibility index (Phi) is 10.4. The van der Waals surface area contributed by atoms with E-state index in [1.54, 1.807) is 18.7 Å². The smallest absolute Gasteiger partial charge is 0.416 e. The van der Waals surface area contributed by atoms with Crippen molar-refractivity contribution in [3.8, 4) is 0 Å². The van der Waals surface area contributed by atoms with E-state index in [-0.39, 0.29) is 47.7 Å². The summed E-state index contributed by atoms with van der Waals surface area (Å²) in [4.78, 5) is 25.6. The van der Waals surface area contributed by atoms with Gasteiger partial charge in [0.15, 0.2) is 5.84 Å². The van der Waals surface area contributed by atoms with Crippen LogP contribution in [-0.4, -0.2) is 51.0 Å². The third kappa shape index (κ3) is 7.66. The molecule has 1 aromatic heterocycles. The summed E-state index contributed by atoms with van der Waals surface area (Å²) in [5, 5.41) is 3.69. The second-order valence-corrected chi connectivity index (χ2v) is 10.4. The van der Waals surface area contributed by atoms with E-state index in [2.05, 4.69) is 20.6 Å². The van der Waals surface area contributed by atoms with Gasteiger partial charge in [0.1, 0.15) is 0 Å². The summed E-state index contributed by atoms with van der Waals surface area (Å²) in [7, 11) is 0. The quantitative estimate of drug-likeness (QED) is 0.165. The zero-order valence-electron chi connectivity index (χ0n) is 23.0. The Bertz CT molecular complexity index is 1170. The number of nitrogens with one attached hydrogen (secondary N) is 1. The molecule has 0 aliphatic carbocycles. The van der Waals surface area contributed by atoms with Gasteiger partial charge in [-0.3, -0.25) is 0 Å². The largest absolute Gasteiger partial charge is 0.447 e. The van der Waals surface area contributed by atoms with Crippen molar-refractivity contribution in [3.05, 3.63) is 52.3 Å². The predicted molar refractivity (Wildman–Crippen MR) is 147 cm³/mol. The van der Waals surface area contributed by atoms with Gasteiger partial charge in [-0.15, -0.1) is 5.10 Å². The number of alkyl halides is 3. The van der Waals surface area contributed by atoms with Crippen LogP contribution in [0, 0.1) is 0 Å². The molecule has 1 saturated heterocycles. The van der Waals surface area contributed by atoms with Crippen molar-refractivity contribution >= 4 is 29.5 Å². The van der Waals surface area contributed by atoms with Crippen molar-refractivity contribution in [3.63, 3.8) is 0 Å².